The highest BCUT2D eigenvalue weighted by molar-refractivity contribution is 9.09. The Morgan fingerprint density at radius 1 is 0.846 bits per heavy atom. The molecule has 0 aromatic heterocycles. The molecule has 0 fully saturated rings. The first-order chi connectivity index (χ1) is 5.83. The molecule has 13 heavy (non-hydrogen) atoms. The summed E-state index contributed by atoms with van der Waals surface area (Å²) in [5.74, 6) is 0. The molecule has 0 aliphatic carbocycles. The molecule has 0 aliphatic rings. The van der Waals surface area contributed by atoms with Gasteiger partial charge in [-0.2, -0.15) is 0 Å². The van der Waals surface area contributed by atoms with Crippen LogP contribution in [0.1, 0.15) is 27.7 Å². The zero-order valence-electron chi connectivity index (χ0n) is 8.99. The molecule has 1 nitrogen and oxygen atoms in total. The highest BCUT2D eigenvalue weighted by Gasteiger charge is 2.20. The molecule has 0 rings (SSSR count). The fraction of sp³-hybridized carbons (Fsp3) is 1.00. The third-order valence-electron chi connectivity index (χ3n) is 1.71. The van der Waals surface area contributed by atoms with E-state index in [1.807, 2.05) is 0 Å². The standard InChI is InChI=1S/C10H20Br2O/c1-9(2,5-11)7-13-8-10(3,4)6-12/h5-8H2,1-4H3. The summed E-state index contributed by atoms with van der Waals surface area (Å²) >= 11 is 6.96. The molecule has 0 N–H and O–H groups in total. The lowest BCUT2D eigenvalue weighted by molar-refractivity contribution is 0.0313. The molecule has 0 aromatic rings. The van der Waals surface area contributed by atoms with Gasteiger partial charge in [-0.1, -0.05) is 59.6 Å². The van der Waals surface area contributed by atoms with Crippen molar-refractivity contribution >= 4 is 31.9 Å². The molecular weight excluding hydrogens is 296 g/mol. The van der Waals surface area contributed by atoms with Gasteiger partial charge in [0.05, 0.1) is 13.2 Å². The Labute approximate surface area is 98.9 Å². The maximum absolute atomic E-state index is 5.68. The first-order valence-corrected chi connectivity index (χ1v) is 6.77. The van der Waals surface area contributed by atoms with Crippen molar-refractivity contribution in [2.75, 3.05) is 23.9 Å². The van der Waals surface area contributed by atoms with E-state index in [-0.39, 0.29) is 10.8 Å². The van der Waals surface area contributed by atoms with Gasteiger partial charge in [0, 0.05) is 10.7 Å². The molecule has 0 unspecified atom stereocenters. The monoisotopic (exact) mass is 314 g/mol. The summed E-state index contributed by atoms with van der Waals surface area (Å²) in [4.78, 5) is 0. The molecule has 0 aliphatic heterocycles. The highest BCUT2D eigenvalue weighted by atomic mass is 79.9. The Bertz CT molecular complexity index is 128. The Morgan fingerprint density at radius 3 is 1.38 bits per heavy atom. The van der Waals surface area contributed by atoms with E-state index >= 15 is 0 Å². The predicted octanol–water partition coefficient (Wildman–Crippen LogP) is 3.85. The highest BCUT2D eigenvalue weighted by Crippen LogP contribution is 2.22. The summed E-state index contributed by atoms with van der Waals surface area (Å²) in [6.45, 7) is 10.4. The fourth-order valence-electron chi connectivity index (χ4n) is 0.681. The number of ether oxygens (including phenoxy) is 1. The van der Waals surface area contributed by atoms with Crippen LogP contribution in [0.4, 0.5) is 0 Å². The third kappa shape index (κ3) is 6.92. The minimum Gasteiger partial charge on any atom is -0.380 e. The van der Waals surface area contributed by atoms with Crippen LogP contribution in [0.15, 0.2) is 0 Å². The molecule has 0 spiro atoms. The minimum atomic E-state index is 0.238. The number of hydrogen-bond donors (Lipinski definition) is 0. The van der Waals surface area contributed by atoms with Crippen LogP contribution in [0, 0.1) is 10.8 Å². The van der Waals surface area contributed by atoms with Crippen molar-refractivity contribution in [1.82, 2.24) is 0 Å². The molecule has 0 saturated carbocycles. The van der Waals surface area contributed by atoms with Crippen LogP contribution in [-0.4, -0.2) is 23.9 Å². The second kappa shape index (κ2) is 5.72. The maximum Gasteiger partial charge on any atom is 0.0525 e. The van der Waals surface area contributed by atoms with Crippen molar-refractivity contribution in [1.29, 1.82) is 0 Å². The number of halogens is 2. The maximum atomic E-state index is 5.68. The summed E-state index contributed by atoms with van der Waals surface area (Å²) in [6.07, 6.45) is 0. The summed E-state index contributed by atoms with van der Waals surface area (Å²) in [5.41, 5.74) is 0.477. The van der Waals surface area contributed by atoms with E-state index in [1.54, 1.807) is 0 Å². The Morgan fingerprint density at radius 2 is 1.15 bits per heavy atom. The first kappa shape index (κ1) is 13.9. The molecular formula is C10H20Br2O. The average Bonchev–Trinajstić information content (AvgIpc) is 2.04. The quantitative estimate of drug-likeness (QED) is 0.677. The van der Waals surface area contributed by atoms with Gasteiger partial charge in [0.15, 0.2) is 0 Å². The van der Waals surface area contributed by atoms with Crippen molar-refractivity contribution in [3.05, 3.63) is 0 Å². The zero-order chi connectivity index (χ0) is 10.5. The van der Waals surface area contributed by atoms with Crippen LogP contribution in [-0.2, 0) is 4.74 Å². The smallest absolute Gasteiger partial charge is 0.0525 e. The van der Waals surface area contributed by atoms with Crippen molar-refractivity contribution in [2.45, 2.75) is 27.7 Å². The number of alkyl halides is 2. The molecule has 0 aromatic carbocycles. The lowest BCUT2D eigenvalue weighted by atomic mass is 9.96. The third-order valence-corrected chi connectivity index (χ3v) is 4.75. The van der Waals surface area contributed by atoms with Gasteiger partial charge >= 0.3 is 0 Å². The fourth-order valence-corrected chi connectivity index (χ4v) is 1.00. The van der Waals surface area contributed by atoms with Gasteiger partial charge in [0.25, 0.3) is 0 Å². The molecule has 0 bridgehead atoms. The molecule has 0 saturated heterocycles. The molecule has 80 valence electrons. The largest absolute Gasteiger partial charge is 0.380 e. The summed E-state index contributed by atoms with van der Waals surface area (Å²) in [7, 11) is 0. The van der Waals surface area contributed by atoms with E-state index in [9.17, 15) is 0 Å². The molecule has 0 radical (unpaired) electrons. The lowest BCUT2D eigenvalue weighted by Gasteiger charge is -2.26. The van der Waals surface area contributed by atoms with Crippen molar-refractivity contribution in [3.8, 4) is 0 Å². The van der Waals surface area contributed by atoms with Gasteiger partial charge in [-0.3, -0.25) is 0 Å². The summed E-state index contributed by atoms with van der Waals surface area (Å²) in [6, 6.07) is 0. The number of hydrogen-bond acceptors (Lipinski definition) is 1. The normalized spacial score (nSPS) is 13.4. The van der Waals surface area contributed by atoms with Crippen molar-refractivity contribution < 1.29 is 4.74 Å². The van der Waals surface area contributed by atoms with E-state index in [0.717, 1.165) is 23.9 Å². The van der Waals surface area contributed by atoms with Gasteiger partial charge in [-0.15, -0.1) is 0 Å². The van der Waals surface area contributed by atoms with Crippen LogP contribution in [0.2, 0.25) is 0 Å². The number of rotatable bonds is 6. The van der Waals surface area contributed by atoms with E-state index in [2.05, 4.69) is 59.6 Å². The predicted molar refractivity (Wildman–Crippen MR) is 66.0 cm³/mol. The van der Waals surface area contributed by atoms with Crippen LogP contribution in [0.3, 0.4) is 0 Å². The molecule has 3 heteroatoms. The van der Waals surface area contributed by atoms with E-state index in [1.165, 1.54) is 0 Å². The molecule has 0 atom stereocenters. The average molecular weight is 316 g/mol. The van der Waals surface area contributed by atoms with Gasteiger partial charge in [-0.05, 0) is 10.8 Å². The topological polar surface area (TPSA) is 9.23 Å². The van der Waals surface area contributed by atoms with E-state index < -0.39 is 0 Å². The summed E-state index contributed by atoms with van der Waals surface area (Å²) in [5, 5.41) is 1.96. The van der Waals surface area contributed by atoms with Crippen LogP contribution < -0.4 is 0 Å². The Balaban J connectivity index is 3.68. The Hall–Kier alpha value is 0.920. The minimum absolute atomic E-state index is 0.238. The van der Waals surface area contributed by atoms with Crippen LogP contribution >= 0.6 is 31.9 Å². The van der Waals surface area contributed by atoms with Crippen molar-refractivity contribution in [2.24, 2.45) is 10.8 Å². The second-order valence-corrected chi connectivity index (χ2v) is 6.21. The van der Waals surface area contributed by atoms with Gasteiger partial charge in [0.1, 0.15) is 0 Å². The lowest BCUT2D eigenvalue weighted by Crippen LogP contribution is -2.27. The first-order valence-electron chi connectivity index (χ1n) is 4.53. The summed E-state index contributed by atoms with van der Waals surface area (Å²) < 4.78 is 5.68. The molecule has 0 heterocycles. The van der Waals surface area contributed by atoms with Gasteiger partial charge < -0.3 is 4.74 Å². The van der Waals surface area contributed by atoms with Crippen LogP contribution in [0.25, 0.3) is 0 Å². The Kier molecular flexibility index (Phi) is 6.12. The van der Waals surface area contributed by atoms with Gasteiger partial charge in [-0.25, -0.2) is 0 Å². The molecule has 0 amide bonds. The van der Waals surface area contributed by atoms with Crippen molar-refractivity contribution in [3.63, 3.8) is 0 Å². The SMILES string of the molecule is CC(C)(CBr)COCC(C)(C)CBr. The van der Waals surface area contributed by atoms with Crippen LogP contribution in [0.5, 0.6) is 0 Å². The van der Waals surface area contributed by atoms with E-state index in [4.69, 9.17) is 4.74 Å². The van der Waals surface area contributed by atoms with E-state index in [0.29, 0.717) is 0 Å². The van der Waals surface area contributed by atoms with Gasteiger partial charge in [0.2, 0.25) is 0 Å². The zero-order valence-corrected chi connectivity index (χ0v) is 12.2. The second-order valence-electron chi connectivity index (χ2n) is 5.09.